The van der Waals surface area contributed by atoms with E-state index < -0.39 is 0 Å². The van der Waals surface area contributed by atoms with Crippen LogP contribution in [0.15, 0.2) is 24.3 Å². The van der Waals surface area contributed by atoms with Gasteiger partial charge >= 0.3 is 0 Å². The topological polar surface area (TPSA) is 73.3 Å². The van der Waals surface area contributed by atoms with E-state index in [1.165, 1.54) is 11.3 Å². The fraction of sp³-hybridized carbons (Fsp3) is 0.526. The maximum absolute atomic E-state index is 12.4. The van der Waals surface area contributed by atoms with Gasteiger partial charge in [0.15, 0.2) is 0 Å². The van der Waals surface area contributed by atoms with Gasteiger partial charge in [-0.2, -0.15) is 0 Å². The number of rotatable bonds is 8. The normalized spacial score (nSPS) is 16.8. The van der Waals surface area contributed by atoms with Crippen LogP contribution in [-0.2, 0) is 4.74 Å². The highest BCUT2D eigenvalue weighted by Gasteiger charge is 2.17. The Hall–Kier alpha value is -1.99. The third-order valence-corrected chi connectivity index (χ3v) is 5.57. The molecule has 1 aromatic heterocycles. The monoisotopic (exact) mass is 375 g/mol. The van der Waals surface area contributed by atoms with E-state index in [-0.39, 0.29) is 12.0 Å². The fourth-order valence-electron chi connectivity index (χ4n) is 2.92. The van der Waals surface area contributed by atoms with Crippen LogP contribution < -0.4 is 10.1 Å². The summed E-state index contributed by atoms with van der Waals surface area (Å²) in [7, 11) is 0. The summed E-state index contributed by atoms with van der Waals surface area (Å²) < 4.78 is 11.3. The Morgan fingerprint density at radius 1 is 1.31 bits per heavy atom. The average molecular weight is 375 g/mol. The molecule has 2 heterocycles. The standard InChI is InChI=1S/C19H25N3O3S/c1-3-13(4-2)18-21-22-19(26-18)20-17(23)14-7-9-15(10-8-14)25-12-16-6-5-11-24-16/h7-10,13,16H,3-6,11-12H2,1-2H3,(H,20,22,23). The second kappa shape index (κ2) is 9.09. The van der Waals surface area contributed by atoms with Gasteiger partial charge in [0.1, 0.15) is 17.4 Å². The second-order valence-corrected chi connectivity index (χ2v) is 7.39. The number of aromatic nitrogens is 2. The molecule has 1 N–H and O–H groups in total. The predicted molar refractivity (Wildman–Crippen MR) is 102 cm³/mol. The minimum atomic E-state index is -0.192. The van der Waals surface area contributed by atoms with Crippen LogP contribution in [0, 0.1) is 0 Å². The smallest absolute Gasteiger partial charge is 0.257 e. The Morgan fingerprint density at radius 2 is 2.08 bits per heavy atom. The summed E-state index contributed by atoms with van der Waals surface area (Å²) in [6, 6.07) is 7.12. The van der Waals surface area contributed by atoms with E-state index in [0.29, 0.717) is 23.2 Å². The molecule has 0 saturated carbocycles. The molecule has 1 aliphatic rings. The number of carbonyl (C=O) groups excluding carboxylic acids is 1. The molecule has 1 fully saturated rings. The Kier molecular flexibility index (Phi) is 6.57. The van der Waals surface area contributed by atoms with Crippen molar-refractivity contribution in [3.63, 3.8) is 0 Å². The molecule has 0 radical (unpaired) electrons. The molecule has 7 heteroatoms. The molecular formula is C19H25N3O3S. The lowest BCUT2D eigenvalue weighted by Gasteiger charge is -2.11. The molecule has 1 saturated heterocycles. The molecule has 3 rings (SSSR count). The molecule has 1 unspecified atom stereocenters. The summed E-state index contributed by atoms with van der Waals surface area (Å²) in [5.41, 5.74) is 0.564. The first kappa shape index (κ1) is 18.8. The summed E-state index contributed by atoms with van der Waals surface area (Å²) in [6.45, 7) is 5.64. The zero-order valence-corrected chi connectivity index (χ0v) is 16.1. The van der Waals surface area contributed by atoms with Crippen LogP contribution in [0.25, 0.3) is 0 Å². The maximum Gasteiger partial charge on any atom is 0.257 e. The Labute approximate surface area is 157 Å². The van der Waals surface area contributed by atoms with Crippen molar-refractivity contribution in [2.75, 3.05) is 18.5 Å². The molecule has 0 spiro atoms. The van der Waals surface area contributed by atoms with Crippen LogP contribution in [0.1, 0.15) is 60.8 Å². The summed E-state index contributed by atoms with van der Waals surface area (Å²) in [5.74, 6) is 0.949. The molecule has 140 valence electrons. The fourth-order valence-corrected chi connectivity index (χ4v) is 3.93. The number of carbonyl (C=O) groups is 1. The number of nitrogens with one attached hydrogen (secondary N) is 1. The van der Waals surface area contributed by atoms with Gasteiger partial charge in [0.2, 0.25) is 5.13 Å². The highest BCUT2D eigenvalue weighted by Crippen LogP contribution is 2.28. The van der Waals surface area contributed by atoms with Gasteiger partial charge in [-0.3, -0.25) is 10.1 Å². The lowest BCUT2D eigenvalue weighted by molar-refractivity contribution is 0.0679. The first-order chi connectivity index (χ1) is 12.7. The van der Waals surface area contributed by atoms with Crippen molar-refractivity contribution in [1.82, 2.24) is 10.2 Å². The van der Waals surface area contributed by atoms with Gasteiger partial charge in [-0.25, -0.2) is 0 Å². The van der Waals surface area contributed by atoms with Crippen molar-refractivity contribution >= 4 is 22.4 Å². The zero-order chi connectivity index (χ0) is 18.4. The quantitative estimate of drug-likeness (QED) is 0.746. The van der Waals surface area contributed by atoms with Crippen molar-refractivity contribution in [2.45, 2.75) is 51.6 Å². The molecule has 1 aliphatic heterocycles. The predicted octanol–water partition coefficient (Wildman–Crippen LogP) is 4.25. The number of hydrogen-bond donors (Lipinski definition) is 1. The molecule has 1 aromatic carbocycles. The number of anilines is 1. The average Bonchev–Trinajstić information content (AvgIpc) is 3.34. The SMILES string of the molecule is CCC(CC)c1nnc(NC(=O)c2ccc(OCC3CCCO3)cc2)s1. The Bertz CT molecular complexity index is 707. The molecular weight excluding hydrogens is 350 g/mol. The van der Waals surface area contributed by atoms with Gasteiger partial charge in [-0.15, -0.1) is 10.2 Å². The van der Waals surface area contributed by atoms with Crippen molar-refractivity contribution in [1.29, 1.82) is 0 Å². The summed E-state index contributed by atoms with van der Waals surface area (Å²) in [6.07, 6.45) is 4.36. The third-order valence-electron chi connectivity index (χ3n) is 4.57. The van der Waals surface area contributed by atoms with Crippen molar-refractivity contribution in [3.05, 3.63) is 34.8 Å². The van der Waals surface area contributed by atoms with E-state index in [2.05, 4.69) is 29.4 Å². The van der Waals surface area contributed by atoms with Crippen molar-refractivity contribution in [2.24, 2.45) is 0 Å². The van der Waals surface area contributed by atoms with Gasteiger partial charge in [0.25, 0.3) is 5.91 Å². The molecule has 26 heavy (non-hydrogen) atoms. The first-order valence-corrected chi connectivity index (χ1v) is 10.0. The van der Waals surface area contributed by atoms with Gasteiger partial charge in [-0.05, 0) is 49.9 Å². The van der Waals surface area contributed by atoms with Crippen LogP contribution in [0.4, 0.5) is 5.13 Å². The van der Waals surface area contributed by atoms with E-state index in [0.717, 1.165) is 43.0 Å². The Morgan fingerprint density at radius 3 is 2.73 bits per heavy atom. The number of nitrogens with zero attached hydrogens (tertiary/aromatic N) is 2. The third kappa shape index (κ3) is 4.80. The van der Waals surface area contributed by atoms with Gasteiger partial charge in [0.05, 0.1) is 6.10 Å². The number of hydrogen-bond acceptors (Lipinski definition) is 6. The van der Waals surface area contributed by atoms with Crippen LogP contribution in [0.5, 0.6) is 5.75 Å². The first-order valence-electron chi connectivity index (χ1n) is 9.18. The maximum atomic E-state index is 12.4. The van der Waals surface area contributed by atoms with Crippen LogP contribution in [0.2, 0.25) is 0 Å². The largest absolute Gasteiger partial charge is 0.491 e. The van der Waals surface area contributed by atoms with Crippen LogP contribution in [-0.4, -0.2) is 35.4 Å². The molecule has 1 amide bonds. The molecule has 1 atom stereocenters. The summed E-state index contributed by atoms with van der Waals surface area (Å²) in [4.78, 5) is 12.4. The van der Waals surface area contributed by atoms with Crippen molar-refractivity contribution in [3.8, 4) is 5.75 Å². The van der Waals surface area contributed by atoms with Crippen LogP contribution >= 0.6 is 11.3 Å². The summed E-state index contributed by atoms with van der Waals surface area (Å²) in [5, 5.41) is 12.6. The molecule has 2 aromatic rings. The van der Waals surface area contributed by atoms with Gasteiger partial charge < -0.3 is 9.47 Å². The zero-order valence-electron chi connectivity index (χ0n) is 15.2. The van der Waals surface area contributed by atoms with E-state index in [1.54, 1.807) is 24.3 Å². The number of ether oxygens (including phenoxy) is 2. The number of benzene rings is 1. The van der Waals surface area contributed by atoms with E-state index in [4.69, 9.17) is 9.47 Å². The van der Waals surface area contributed by atoms with Gasteiger partial charge in [-0.1, -0.05) is 25.2 Å². The lowest BCUT2D eigenvalue weighted by atomic mass is 10.1. The van der Waals surface area contributed by atoms with Crippen molar-refractivity contribution < 1.29 is 14.3 Å². The minimum Gasteiger partial charge on any atom is -0.491 e. The van der Waals surface area contributed by atoms with Crippen LogP contribution in [0.3, 0.4) is 0 Å². The van der Waals surface area contributed by atoms with Gasteiger partial charge in [0, 0.05) is 18.1 Å². The van der Waals surface area contributed by atoms with E-state index in [1.807, 2.05) is 0 Å². The molecule has 6 nitrogen and oxygen atoms in total. The lowest BCUT2D eigenvalue weighted by Crippen LogP contribution is -2.16. The molecule has 0 bridgehead atoms. The Balaban J connectivity index is 1.54. The molecule has 0 aliphatic carbocycles. The number of amides is 1. The minimum absolute atomic E-state index is 0.180. The van der Waals surface area contributed by atoms with E-state index in [9.17, 15) is 4.79 Å². The summed E-state index contributed by atoms with van der Waals surface area (Å²) >= 11 is 1.45. The second-order valence-electron chi connectivity index (χ2n) is 6.38. The highest BCUT2D eigenvalue weighted by atomic mass is 32.1. The highest BCUT2D eigenvalue weighted by molar-refractivity contribution is 7.15. The van der Waals surface area contributed by atoms with E-state index >= 15 is 0 Å².